The van der Waals surface area contributed by atoms with Gasteiger partial charge in [-0.25, -0.2) is 0 Å². The largest absolute Gasteiger partial charge is 0.459 e. The van der Waals surface area contributed by atoms with Crippen LogP contribution in [-0.2, 0) is 14.3 Å². The second-order valence-electron chi connectivity index (χ2n) is 5.06. The molecule has 0 heterocycles. The first kappa shape index (κ1) is 12.0. The molecule has 0 N–H and O–H groups in total. The fourth-order valence-electron chi connectivity index (χ4n) is 1.59. The van der Waals surface area contributed by atoms with Gasteiger partial charge in [0.1, 0.15) is 11.5 Å². The van der Waals surface area contributed by atoms with Gasteiger partial charge in [-0.05, 0) is 46.6 Å². The molecule has 0 aromatic heterocycles. The Kier molecular flexibility index (Phi) is 3.03. The summed E-state index contributed by atoms with van der Waals surface area (Å²) in [4.78, 5) is 23.4. The summed E-state index contributed by atoms with van der Waals surface area (Å²) in [6.45, 7) is 9.06. The molecule has 1 unspecified atom stereocenters. The van der Waals surface area contributed by atoms with Gasteiger partial charge in [-0.2, -0.15) is 0 Å². The van der Waals surface area contributed by atoms with E-state index in [1.54, 1.807) is 27.7 Å². The average molecular weight is 210 g/mol. The van der Waals surface area contributed by atoms with Crippen molar-refractivity contribution in [2.24, 2.45) is 5.92 Å². The lowest BCUT2D eigenvalue weighted by Crippen LogP contribution is -2.31. The van der Waals surface area contributed by atoms with Gasteiger partial charge < -0.3 is 4.74 Å². The predicted octanol–water partition coefficient (Wildman–Crippen LogP) is 2.25. The number of esters is 1. The van der Waals surface area contributed by atoms with Crippen LogP contribution in [0.5, 0.6) is 0 Å². The quantitative estimate of drug-likeness (QED) is 0.492. The molecule has 0 amide bonds. The number of hydrogen-bond donors (Lipinski definition) is 0. The maximum Gasteiger partial charge on any atom is 0.317 e. The van der Waals surface area contributed by atoms with E-state index in [1.807, 2.05) is 6.92 Å². The first-order valence-electron chi connectivity index (χ1n) is 5.16. The Hall–Kier alpha value is -1.12. The molecule has 0 radical (unpaired) electrons. The van der Waals surface area contributed by atoms with Gasteiger partial charge in [-0.15, -0.1) is 0 Å². The molecular formula is C12H18O3. The summed E-state index contributed by atoms with van der Waals surface area (Å²) in [6, 6.07) is 0. The van der Waals surface area contributed by atoms with Crippen LogP contribution in [-0.4, -0.2) is 17.4 Å². The third kappa shape index (κ3) is 2.67. The lowest BCUT2D eigenvalue weighted by Gasteiger charge is -2.21. The zero-order valence-corrected chi connectivity index (χ0v) is 10.0. The lowest BCUT2D eigenvalue weighted by molar-refractivity contribution is -0.161. The summed E-state index contributed by atoms with van der Waals surface area (Å²) < 4.78 is 5.20. The number of carbonyl (C=O) groups is 2. The molecule has 0 fully saturated rings. The van der Waals surface area contributed by atoms with E-state index in [0.717, 1.165) is 5.57 Å². The van der Waals surface area contributed by atoms with Gasteiger partial charge in [0.05, 0.1) is 0 Å². The predicted molar refractivity (Wildman–Crippen MR) is 57.3 cm³/mol. The van der Waals surface area contributed by atoms with Crippen molar-refractivity contribution < 1.29 is 14.3 Å². The number of rotatable bonds is 1. The van der Waals surface area contributed by atoms with Crippen LogP contribution in [0.1, 0.15) is 41.0 Å². The summed E-state index contributed by atoms with van der Waals surface area (Å²) >= 11 is 0. The van der Waals surface area contributed by atoms with Crippen molar-refractivity contribution in [2.75, 3.05) is 0 Å². The average Bonchev–Trinajstić information content (AvgIpc) is 2.30. The number of hydrogen-bond acceptors (Lipinski definition) is 3. The summed E-state index contributed by atoms with van der Waals surface area (Å²) in [5, 5.41) is 0. The number of Topliss-reactive ketones (excluding diaryl/α,β-unsaturated/α-hetero) is 1. The monoisotopic (exact) mass is 210 g/mol. The number of ketones is 1. The van der Waals surface area contributed by atoms with Gasteiger partial charge in [-0.3, -0.25) is 9.59 Å². The Bertz CT molecular complexity index is 331. The van der Waals surface area contributed by atoms with Gasteiger partial charge >= 0.3 is 5.97 Å². The van der Waals surface area contributed by atoms with E-state index in [4.69, 9.17) is 4.74 Å². The third-order valence-electron chi connectivity index (χ3n) is 2.53. The summed E-state index contributed by atoms with van der Waals surface area (Å²) in [5.74, 6) is -1.09. The fraction of sp³-hybridized carbons (Fsp3) is 0.667. The molecular weight excluding hydrogens is 192 g/mol. The van der Waals surface area contributed by atoms with Gasteiger partial charge in [0, 0.05) is 0 Å². The summed E-state index contributed by atoms with van der Waals surface area (Å²) in [5.41, 5.74) is 1.18. The van der Waals surface area contributed by atoms with E-state index >= 15 is 0 Å². The second kappa shape index (κ2) is 3.80. The molecule has 3 heteroatoms. The summed E-state index contributed by atoms with van der Waals surface area (Å²) in [6.07, 6.45) is 0.513. The van der Waals surface area contributed by atoms with Crippen molar-refractivity contribution in [3.05, 3.63) is 11.1 Å². The standard InChI is InChI=1S/C12H18O3/c1-7-6-9(10(13)8(7)2)11(14)15-12(3,4)5/h9H,6H2,1-5H3. The van der Waals surface area contributed by atoms with Crippen molar-refractivity contribution in [3.8, 4) is 0 Å². The zero-order valence-electron chi connectivity index (χ0n) is 10.0. The van der Waals surface area contributed by atoms with Crippen LogP contribution in [0.2, 0.25) is 0 Å². The highest BCUT2D eigenvalue weighted by Gasteiger charge is 2.36. The van der Waals surface area contributed by atoms with E-state index < -0.39 is 17.5 Å². The van der Waals surface area contributed by atoms with Crippen molar-refractivity contribution in [3.63, 3.8) is 0 Å². The number of carbonyl (C=O) groups excluding carboxylic acids is 2. The molecule has 0 spiro atoms. The van der Waals surface area contributed by atoms with Crippen molar-refractivity contribution in [1.29, 1.82) is 0 Å². The van der Waals surface area contributed by atoms with Gasteiger partial charge in [-0.1, -0.05) is 5.57 Å². The third-order valence-corrected chi connectivity index (χ3v) is 2.53. The molecule has 0 aromatic carbocycles. The van der Waals surface area contributed by atoms with Crippen LogP contribution in [0.25, 0.3) is 0 Å². The first-order chi connectivity index (χ1) is 6.72. The zero-order chi connectivity index (χ0) is 11.8. The molecule has 0 saturated carbocycles. The Morgan fingerprint density at radius 1 is 1.33 bits per heavy atom. The Balaban J connectivity index is 2.71. The van der Waals surface area contributed by atoms with E-state index in [1.165, 1.54) is 0 Å². The van der Waals surface area contributed by atoms with Crippen LogP contribution < -0.4 is 0 Å². The highest BCUT2D eigenvalue weighted by molar-refractivity contribution is 6.10. The van der Waals surface area contributed by atoms with Crippen LogP contribution in [0, 0.1) is 5.92 Å². The molecule has 1 atom stereocenters. The minimum Gasteiger partial charge on any atom is -0.459 e. The van der Waals surface area contributed by atoms with Crippen molar-refractivity contribution in [2.45, 2.75) is 46.6 Å². The van der Waals surface area contributed by atoms with Gasteiger partial charge in [0.25, 0.3) is 0 Å². The molecule has 0 aliphatic heterocycles. The first-order valence-corrected chi connectivity index (χ1v) is 5.16. The summed E-state index contributed by atoms with van der Waals surface area (Å²) in [7, 11) is 0. The van der Waals surface area contributed by atoms with E-state index in [-0.39, 0.29) is 5.78 Å². The van der Waals surface area contributed by atoms with Crippen LogP contribution >= 0.6 is 0 Å². The highest BCUT2D eigenvalue weighted by atomic mass is 16.6. The molecule has 1 aliphatic rings. The van der Waals surface area contributed by atoms with Crippen molar-refractivity contribution in [1.82, 2.24) is 0 Å². The lowest BCUT2D eigenvalue weighted by atomic mass is 10.0. The molecule has 1 rings (SSSR count). The minimum absolute atomic E-state index is 0.0817. The molecule has 0 aromatic rings. The Labute approximate surface area is 90.5 Å². The smallest absolute Gasteiger partial charge is 0.317 e. The van der Waals surface area contributed by atoms with Gasteiger partial charge in [0.2, 0.25) is 0 Å². The van der Waals surface area contributed by atoms with Crippen LogP contribution in [0.15, 0.2) is 11.1 Å². The molecule has 0 saturated heterocycles. The molecule has 0 bridgehead atoms. The van der Waals surface area contributed by atoms with Crippen LogP contribution in [0.4, 0.5) is 0 Å². The second-order valence-corrected chi connectivity index (χ2v) is 5.06. The Morgan fingerprint density at radius 3 is 2.20 bits per heavy atom. The number of allylic oxidation sites excluding steroid dienone is 2. The SMILES string of the molecule is CC1=C(C)C(=O)C(C(=O)OC(C)(C)C)C1. The van der Waals surface area contributed by atoms with Gasteiger partial charge in [0.15, 0.2) is 5.78 Å². The Morgan fingerprint density at radius 2 is 1.87 bits per heavy atom. The van der Waals surface area contributed by atoms with E-state index in [0.29, 0.717) is 12.0 Å². The van der Waals surface area contributed by atoms with Crippen LogP contribution in [0.3, 0.4) is 0 Å². The topological polar surface area (TPSA) is 43.4 Å². The van der Waals surface area contributed by atoms with Crippen molar-refractivity contribution >= 4 is 11.8 Å². The number of ether oxygens (including phenoxy) is 1. The maximum atomic E-state index is 11.7. The molecule has 84 valence electrons. The molecule has 1 aliphatic carbocycles. The minimum atomic E-state index is -0.607. The van der Waals surface area contributed by atoms with E-state index in [9.17, 15) is 9.59 Å². The van der Waals surface area contributed by atoms with E-state index in [2.05, 4.69) is 0 Å². The fourth-order valence-corrected chi connectivity index (χ4v) is 1.59. The highest BCUT2D eigenvalue weighted by Crippen LogP contribution is 2.29. The normalized spacial score (nSPS) is 22.2. The molecule has 15 heavy (non-hydrogen) atoms. The molecule has 3 nitrogen and oxygen atoms in total. The maximum absolute atomic E-state index is 11.7.